The quantitative estimate of drug-likeness (QED) is 0.817. The summed E-state index contributed by atoms with van der Waals surface area (Å²) in [6.45, 7) is 0.903. The van der Waals surface area contributed by atoms with Gasteiger partial charge in [-0.25, -0.2) is 0 Å². The molecular formula is C15H16ClNO. The Hall–Kier alpha value is -1.28. The molecule has 0 aliphatic heterocycles. The van der Waals surface area contributed by atoms with E-state index in [9.17, 15) is 4.79 Å². The molecule has 0 saturated heterocycles. The number of hydrogen-bond acceptors (Lipinski definition) is 1. The molecule has 1 aliphatic rings. The van der Waals surface area contributed by atoms with Crippen molar-refractivity contribution in [1.29, 1.82) is 0 Å². The van der Waals surface area contributed by atoms with Gasteiger partial charge in [-0.3, -0.25) is 4.79 Å². The summed E-state index contributed by atoms with van der Waals surface area (Å²) in [6.07, 6.45) is 5.94. The van der Waals surface area contributed by atoms with E-state index in [-0.39, 0.29) is 5.92 Å². The minimum Gasteiger partial charge on any atom is -0.347 e. The number of fused-ring (bicyclic) bond motifs is 1. The van der Waals surface area contributed by atoms with Crippen LogP contribution in [0.4, 0.5) is 0 Å². The van der Waals surface area contributed by atoms with Crippen LogP contribution in [0.25, 0.3) is 10.9 Å². The number of benzene rings is 1. The van der Waals surface area contributed by atoms with Crippen molar-refractivity contribution in [2.24, 2.45) is 5.92 Å². The van der Waals surface area contributed by atoms with Crippen LogP contribution >= 0.6 is 11.6 Å². The smallest absolute Gasteiger partial charge is 0.136 e. The zero-order valence-corrected chi connectivity index (χ0v) is 11.0. The van der Waals surface area contributed by atoms with Crippen LogP contribution in [0.1, 0.15) is 25.7 Å². The average Bonchev–Trinajstić information content (AvgIpc) is 2.94. The number of aryl methyl sites for hydroxylation is 1. The molecule has 18 heavy (non-hydrogen) atoms. The average molecular weight is 262 g/mol. The Morgan fingerprint density at radius 2 is 2.22 bits per heavy atom. The molecule has 0 radical (unpaired) electrons. The van der Waals surface area contributed by atoms with Crippen molar-refractivity contribution in [3.8, 4) is 0 Å². The van der Waals surface area contributed by atoms with Crippen molar-refractivity contribution >= 4 is 28.3 Å². The predicted molar refractivity (Wildman–Crippen MR) is 73.9 cm³/mol. The van der Waals surface area contributed by atoms with Crippen LogP contribution < -0.4 is 0 Å². The summed E-state index contributed by atoms with van der Waals surface area (Å²) in [5.74, 6) is 0.728. The molecule has 1 fully saturated rings. The summed E-state index contributed by atoms with van der Waals surface area (Å²) in [5, 5.41) is 1.89. The molecule has 0 N–H and O–H groups in total. The van der Waals surface area contributed by atoms with E-state index in [1.165, 1.54) is 0 Å². The van der Waals surface area contributed by atoms with Gasteiger partial charge in [-0.05, 0) is 37.5 Å². The summed E-state index contributed by atoms with van der Waals surface area (Å²) < 4.78 is 2.20. The monoisotopic (exact) mass is 261 g/mol. The van der Waals surface area contributed by atoms with Gasteiger partial charge in [0.05, 0.1) is 0 Å². The van der Waals surface area contributed by atoms with Gasteiger partial charge in [-0.15, -0.1) is 0 Å². The van der Waals surface area contributed by atoms with E-state index in [4.69, 9.17) is 11.6 Å². The normalized spacial score (nSPS) is 19.8. The van der Waals surface area contributed by atoms with Gasteiger partial charge >= 0.3 is 0 Å². The highest BCUT2D eigenvalue weighted by molar-refractivity contribution is 6.35. The van der Waals surface area contributed by atoms with Crippen molar-refractivity contribution in [2.75, 3.05) is 0 Å². The Labute approximate surface area is 112 Å². The van der Waals surface area contributed by atoms with E-state index in [1.54, 1.807) is 0 Å². The second kappa shape index (κ2) is 4.77. The maximum atomic E-state index is 11.6. The van der Waals surface area contributed by atoms with Crippen LogP contribution in [0.15, 0.2) is 30.5 Å². The molecule has 0 spiro atoms. The lowest BCUT2D eigenvalue weighted by Crippen LogP contribution is -2.09. The molecule has 1 aliphatic carbocycles. The van der Waals surface area contributed by atoms with Gasteiger partial charge in [0, 0.05) is 41.0 Å². The first-order valence-electron chi connectivity index (χ1n) is 6.52. The Morgan fingerprint density at radius 3 is 3.00 bits per heavy atom. The van der Waals surface area contributed by atoms with Crippen LogP contribution in [0.5, 0.6) is 0 Å². The minimum absolute atomic E-state index is 0.279. The van der Waals surface area contributed by atoms with E-state index < -0.39 is 0 Å². The van der Waals surface area contributed by atoms with E-state index in [1.807, 2.05) is 18.2 Å². The van der Waals surface area contributed by atoms with Gasteiger partial charge in [0.2, 0.25) is 0 Å². The third kappa shape index (κ3) is 2.05. The highest BCUT2D eigenvalue weighted by Gasteiger charge is 2.23. The lowest BCUT2D eigenvalue weighted by molar-refractivity contribution is -0.120. The molecule has 1 unspecified atom stereocenters. The molecule has 1 aromatic carbocycles. The fourth-order valence-electron chi connectivity index (χ4n) is 2.87. The number of carbonyl (C=O) groups excluding carboxylic acids is 1. The maximum Gasteiger partial charge on any atom is 0.136 e. The predicted octanol–water partition coefficient (Wildman–Crippen LogP) is 4.05. The summed E-state index contributed by atoms with van der Waals surface area (Å²) in [7, 11) is 0. The number of aromatic nitrogens is 1. The van der Waals surface area contributed by atoms with Gasteiger partial charge < -0.3 is 4.57 Å². The largest absolute Gasteiger partial charge is 0.347 e. The highest BCUT2D eigenvalue weighted by atomic mass is 35.5. The molecule has 3 rings (SSSR count). The molecule has 2 nitrogen and oxygen atoms in total. The zero-order valence-electron chi connectivity index (χ0n) is 10.2. The van der Waals surface area contributed by atoms with Crippen molar-refractivity contribution in [1.82, 2.24) is 4.57 Å². The van der Waals surface area contributed by atoms with E-state index in [2.05, 4.69) is 16.8 Å². The van der Waals surface area contributed by atoms with Gasteiger partial charge in [0.25, 0.3) is 0 Å². The fourth-order valence-corrected chi connectivity index (χ4v) is 3.10. The molecule has 3 heteroatoms. The number of halogens is 1. The third-order valence-electron chi connectivity index (χ3n) is 3.91. The minimum atomic E-state index is 0.279. The number of ketones is 1. The number of carbonyl (C=O) groups is 1. The van der Waals surface area contributed by atoms with Gasteiger partial charge in [0.1, 0.15) is 5.78 Å². The van der Waals surface area contributed by atoms with Gasteiger partial charge in [-0.2, -0.15) is 0 Å². The van der Waals surface area contributed by atoms with Crippen molar-refractivity contribution < 1.29 is 4.79 Å². The maximum absolute atomic E-state index is 11.6. The summed E-state index contributed by atoms with van der Waals surface area (Å²) in [6, 6.07) is 8.02. The Bertz CT molecular complexity index is 587. The lowest BCUT2D eigenvalue weighted by Gasteiger charge is -2.09. The number of nitrogens with zero attached hydrogens (tertiary/aromatic N) is 1. The topological polar surface area (TPSA) is 22.0 Å². The second-order valence-corrected chi connectivity index (χ2v) is 5.43. The van der Waals surface area contributed by atoms with Crippen LogP contribution in [-0.4, -0.2) is 10.4 Å². The Balaban J connectivity index is 1.79. The molecule has 2 aromatic rings. The van der Waals surface area contributed by atoms with E-state index in [0.717, 1.165) is 48.2 Å². The highest BCUT2D eigenvalue weighted by Crippen LogP contribution is 2.27. The van der Waals surface area contributed by atoms with Gasteiger partial charge in [0.15, 0.2) is 0 Å². The van der Waals surface area contributed by atoms with Crippen molar-refractivity contribution in [2.45, 2.75) is 32.2 Å². The molecular weight excluding hydrogens is 246 g/mol. The molecule has 1 saturated carbocycles. The number of hydrogen-bond donors (Lipinski definition) is 0. The molecule has 1 aromatic heterocycles. The molecule has 94 valence electrons. The molecule has 0 bridgehead atoms. The van der Waals surface area contributed by atoms with Crippen LogP contribution in [0.2, 0.25) is 5.02 Å². The van der Waals surface area contributed by atoms with E-state index >= 15 is 0 Å². The van der Waals surface area contributed by atoms with Crippen LogP contribution in [0, 0.1) is 5.92 Å². The number of rotatable bonds is 3. The Kier molecular flexibility index (Phi) is 3.13. The van der Waals surface area contributed by atoms with E-state index in [0.29, 0.717) is 5.78 Å². The summed E-state index contributed by atoms with van der Waals surface area (Å²) in [5.41, 5.74) is 1.16. The zero-order chi connectivity index (χ0) is 12.5. The summed E-state index contributed by atoms with van der Waals surface area (Å²) in [4.78, 5) is 11.6. The van der Waals surface area contributed by atoms with Crippen molar-refractivity contribution in [3.05, 3.63) is 35.5 Å². The van der Waals surface area contributed by atoms with Crippen LogP contribution in [-0.2, 0) is 11.3 Å². The fraction of sp³-hybridized carbons (Fsp3) is 0.400. The van der Waals surface area contributed by atoms with Crippen LogP contribution in [0.3, 0.4) is 0 Å². The molecule has 0 amide bonds. The SMILES string of the molecule is O=C1CCCC1CCn1ccc2c(Cl)cccc21. The standard InChI is InChI=1S/C15H16ClNO/c16-13-4-2-5-14-12(13)8-10-17(14)9-7-11-3-1-6-15(11)18/h2,4-5,8,10-11H,1,3,6-7,9H2. The molecule has 1 atom stereocenters. The lowest BCUT2D eigenvalue weighted by atomic mass is 10.0. The van der Waals surface area contributed by atoms with Crippen molar-refractivity contribution in [3.63, 3.8) is 0 Å². The third-order valence-corrected chi connectivity index (χ3v) is 4.24. The van der Waals surface area contributed by atoms with Gasteiger partial charge in [-0.1, -0.05) is 17.7 Å². The first-order chi connectivity index (χ1) is 8.75. The Morgan fingerprint density at radius 1 is 1.33 bits per heavy atom. The number of Topliss-reactive ketones (excluding diaryl/α,β-unsaturated/α-hetero) is 1. The molecule has 1 heterocycles. The summed E-state index contributed by atoms with van der Waals surface area (Å²) >= 11 is 6.15. The first-order valence-corrected chi connectivity index (χ1v) is 6.89. The first kappa shape index (κ1) is 11.8. The second-order valence-electron chi connectivity index (χ2n) is 5.03.